The van der Waals surface area contributed by atoms with E-state index in [0.29, 0.717) is 17.1 Å². The average molecular weight is 305 g/mol. The lowest BCUT2D eigenvalue weighted by molar-refractivity contribution is 0.279. The molecule has 0 unspecified atom stereocenters. The second-order valence-electron chi connectivity index (χ2n) is 4.59. The maximum absolute atomic E-state index is 14.2. The van der Waals surface area contributed by atoms with Crippen molar-refractivity contribution in [3.05, 3.63) is 58.9 Å². The van der Waals surface area contributed by atoms with Crippen molar-refractivity contribution in [2.24, 2.45) is 5.73 Å². The monoisotopic (exact) mass is 305 g/mol. The molecule has 2 rings (SSSR count). The van der Waals surface area contributed by atoms with Gasteiger partial charge >= 0.3 is 0 Å². The van der Waals surface area contributed by atoms with E-state index >= 15 is 0 Å². The van der Waals surface area contributed by atoms with Gasteiger partial charge in [0.15, 0.2) is 11.5 Å². The van der Waals surface area contributed by atoms with Gasteiger partial charge in [-0.25, -0.2) is 4.39 Å². The second-order valence-corrected chi connectivity index (χ2v) is 5.03. The molecule has 0 spiro atoms. The number of rotatable bonds is 5. The summed E-state index contributed by atoms with van der Waals surface area (Å²) in [5.41, 5.74) is 7.16. The van der Waals surface area contributed by atoms with Gasteiger partial charge in [0, 0.05) is 11.1 Å². The van der Waals surface area contributed by atoms with E-state index in [1.54, 1.807) is 31.4 Å². The minimum absolute atomic E-state index is 0.0299. The Morgan fingerprint density at radius 2 is 2.00 bits per heavy atom. The number of nitrogens with two attached hydrogens (primary N) is 1. The standard InChI is InChI=1S/C16H16FNO2S/c1-10-6-7-13(14(8-10)19-2)20-9-11-4-3-5-12(15(11)17)16(18)21/h3-8H,9H2,1-2H3,(H2,18,21). The van der Waals surface area contributed by atoms with E-state index < -0.39 is 5.82 Å². The molecule has 2 aromatic carbocycles. The van der Waals surface area contributed by atoms with Crippen LogP contribution in [0.3, 0.4) is 0 Å². The Morgan fingerprint density at radius 3 is 2.67 bits per heavy atom. The number of hydrogen-bond acceptors (Lipinski definition) is 3. The van der Waals surface area contributed by atoms with E-state index in [9.17, 15) is 4.39 Å². The van der Waals surface area contributed by atoms with Crippen molar-refractivity contribution in [3.8, 4) is 11.5 Å². The first-order chi connectivity index (χ1) is 10.0. The highest BCUT2D eigenvalue weighted by Gasteiger charge is 2.11. The predicted octanol–water partition coefficient (Wildman–Crippen LogP) is 3.36. The second kappa shape index (κ2) is 6.54. The topological polar surface area (TPSA) is 44.5 Å². The Hall–Kier alpha value is -2.14. The molecule has 0 saturated carbocycles. The quantitative estimate of drug-likeness (QED) is 0.860. The molecule has 0 fully saturated rings. The molecule has 0 aromatic heterocycles. The number of benzene rings is 2. The molecule has 110 valence electrons. The highest BCUT2D eigenvalue weighted by molar-refractivity contribution is 7.80. The first-order valence-electron chi connectivity index (χ1n) is 6.37. The van der Waals surface area contributed by atoms with Crippen molar-refractivity contribution >= 4 is 17.2 Å². The van der Waals surface area contributed by atoms with E-state index in [2.05, 4.69) is 0 Å². The molecule has 0 aliphatic rings. The van der Waals surface area contributed by atoms with Crippen LogP contribution in [0.25, 0.3) is 0 Å². The van der Waals surface area contributed by atoms with Crippen LogP contribution in [0.2, 0.25) is 0 Å². The summed E-state index contributed by atoms with van der Waals surface area (Å²) in [6, 6.07) is 10.4. The van der Waals surface area contributed by atoms with Crippen molar-refractivity contribution in [1.29, 1.82) is 0 Å². The van der Waals surface area contributed by atoms with E-state index in [-0.39, 0.29) is 17.2 Å². The van der Waals surface area contributed by atoms with Crippen molar-refractivity contribution < 1.29 is 13.9 Å². The summed E-state index contributed by atoms with van der Waals surface area (Å²) in [5.74, 6) is 0.722. The van der Waals surface area contributed by atoms with E-state index in [1.807, 2.05) is 19.1 Å². The van der Waals surface area contributed by atoms with Gasteiger partial charge in [-0.3, -0.25) is 0 Å². The Labute approximate surface area is 128 Å². The third-order valence-electron chi connectivity index (χ3n) is 3.05. The zero-order valence-electron chi connectivity index (χ0n) is 11.9. The SMILES string of the molecule is COc1cc(C)ccc1OCc1cccc(C(N)=S)c1F. The summed E-state index contributed by atoms with van der Waals surface area (Å²) in [6.45, 7) is 2.03. The normalized spacial score (nSPS) is 10.2. The molecular weight excluding hydrogens is 289 g/mol. The zero-order chi connectivity index (χ0) is 15.4. The maximum atomic E-state index is 14.2. The fraction of sp³-hybridized carbons (Fsp3) is 0.188. The molecule has 3 nitrogen and oxygen atoms in total. The molecule has 0 heterocycles. The Kier molecular flexibility index (Phi) is 4.75. The first kappa shape index (κ1) is 15.3. The van der Waals surface area contributed by atoms with E-state index in [1.165, 1.54) is 0 Å². The van der Waals surface area contributed by atoms with Crippen molar-refractivity contribution in [3.63, 3.8) is 0 Å². The van der Waals surface area contributed by atoms with Crippen LogP contribution < -0.4 is 15.2 Å². The first-order valence-corrected chi connectivity index (χ1v) is 6.78. The summed E-state index contributed by atoms with van der Waals surface area (Å²) in [4.78, 5) is 0.0299. The minimum Gasteiger partial charge on any atom is -0.493 e. The van der Waals surface area contributed by atoms with Gasteiger partial charge in [-0.05, 0) is 30.7 Å². The van der Waals surface area contributed by atoms with E-state index in [4.69, 9.17) is 27.4 Å². The van der Waals surface area contributed by atoms with Crippen LogP contribution in [-0.4, -0.2) is 12.1 Å². The summed E-state index contributed by atoms with van der Waals surface area (Å²) >= 11 is 4.82. The molecule has 0 aliphatic heterocycles. The predicted molar refractivity (Wildman–Crippen MR) is 84.4 cm³/mol. The molecule has 2 aromatic rings. The summed E-state index contributed by atoms with van der Waals surface area (Å²) in [5, 5.41) is 0. The molecular formula is C16H16FNO2S. The van der Waals surface area contributed by atoms with Crippen LogP contribution in [0, 0.1) is 12.7 Å². The number of halogens is 1. The van der Waals surface area contributed by atoms with Crippen LogP contribution in [0.1, 0.15) is 16.7 Å². The molecule has 0 bridgehead atoms. The van der Waals surface area contributed by atoms with Gasteiger partial charge in [0.2, 0.25) is 0 Å². The molecule has 0 radical (unpaired) electrons. The fourth-order valence-electron chi connectivity index (χ4n) is 1.93. The fourth-order valence-corrected chi connectivity index (χ4v) is 2.09. The molecule has 5 heteroatoms. The largest absolute Gasteiger partial charge is 0.493 e. The molecule has 0 atom stereocenters. The van der Waals surface area contributed by atoms with Crippen molar-refractivity contribution in [2.75, 3.05) is 7.11 Å². The van der Waals surface area contributed by atoms with Gasteiger partial charge in [0.1, 0.15) is 17.4 Å². The third kappa shape index (κ3) is 3.49. The summed E-state index contributed by atoms with van der Waals surface area (Å²) < 4.78 is 25.1. The maximum Gasteiger partial charge on any atom is 0.161 e. The number of ether oxygens (including phenoxy) is 2. The van der Waals surface area contributed by atoms with Gasteiger partial charge in [0.05, 0.1) is 7.11 Å². The lowest BCUT2D eigenvalue weighted by atomic mass is 10.1. The number of hydrogen-bond donors (Lipinski definition) is 1. The van der Waals surface area contributed by atoms with Gasteiger partial charge < -0.3 is 15.2 Å². The molecule has 0 aliphatic carbocycles. The lowest BCUT2D eigenvalue weighted by Gasteiger charge is -2.12. The van der Waals surface area contributed by atoms with Crippen LogP contribution in [0.4, 0.5) is 4.39 Å². The van der Waals surface area contributed by atoms with Gasteiger partial charge in [-0.15, -0.1) is 0 Å². The average Bonchev–Trinajstić information content (AvgIpc) is 2.46. The third-order valence-corrected chi connectivity index (χ3v) is 3.27. The van der Waals surface area contributed by atoms with Crippen LogP contribution in [0.15, 0.2) is 36.4 Å². The Morgan fingerprint density at radius 1 is 1.24 bits per heavy atom. The highest BCUT2D eigenvalue weighted by Crippen LogP contribution is 2.28. The number of thiocarbonyl (C=S) groups is 1. The molecule has 21 heavy (non-hydrogen) atoms. The van der Waals surface area contributed by atoms with Crippen molar-refractivity contribution in [2.45, 2.75) is 13.5 Å². The van der Waals surface area contributed by atoms with Crippen LogP contribution in [0.5, 0.6) is 11.5 Å². The Balaban J connectivity index is 2.21. The number of aryl methyl sites for hydroxylation is 1. The van der Waals surface area contributed by atoms with Crippen molar-refractivity contribution in [1.82, 2.24) is 0 Å². The molecule has 0 amide bonds. The smallest absolute Gasteiger partial charge is 0.161 e. The van der Waals surface area contributed by atoms with Gasteiger partial charge in [-0.1, -0.05) is 30.4 Å². The van der Waals surface area contributed by atoms with Gasteiger partial charge in [0.25, 0.3) is 0 Å². The number of methoxy groups -OCH3 is 1. The minimum atomic E-state index is -0.448. The highest BCUT2D eigenvalue weighted by atomic mass is 32.1. The Bertz CT molecular complexity index is 673. The van der Waals surface area contributed by atoms with Crippen LogP contribution >= 0.6 is 12.2 Å². The zero-order valence-corrected chi connectivity index (χ0v) is 12.7. The van der Waals surface area contributed by atoms with Crippen LogP contribution in [-0.2, 0) is 6.61 Å². The summed E-state index contributed by atoms with van der Waals surface area (Å²) in [7, 11) is 1.57. The summed E-state index contributed by atoms with van der Waals surface area (Å²) in [6.07, 6.45) is 0. The lowest BCUT2D eigenvalue weighted by Crippen LogP contribution is -2.13. The molecule has 0 saturated heterocycles. The van der Waals surface area contributed by atoms with E-state index in [0.717, 1.165) is 5.56 Å². The van der Waals surface area contributed by atoms with Gasteiger partial charge in [-0.2, -0.15) is 0 Å². The molecule has 2 N–H and O–H groups in total.